The number of halogens is 4. The van der Waals surface area contributed by atoms with Gasteiger partial charge in [-0.1, -0.05) is 58.5 Å². The van der Waals surface area contributed by atoms with Crippen LogP contribution in [0.2, 0.25) is 5.02 Å². The number of anilines is 1. The van der Waals surface area contributed by atoms with E-state index in [1.54, 1.807) is 31.2 Å². The number of amides is 1. The van der Waals surface area contributed by atoms with Crippen molar-refractivity contribution in [2.45, 2.75) is 16.9 Å². The molecule has 0 aliphatic heterocycles. The number of alkyl carbamates (subject to hydrolysis) is 1. The first-order valence-electron chi connectivity index (χ1n) is 6.06. The van der Waals surface area contributed by atoms with E-state index in [4.69, 9.17) is 63.4 Å². The van der Waals surface area contributed by atoms with Crippen molar-refractivity contribution in [3.05, 3.63) is 29.3 Å². The summed E-state index contributed by atoms with van der Waals surface area (Å²) in [6.07, 6.45) is -1.84. The van der Waals surface area contributed by atoms with Gasteiger partial charge in [0.1, 0.15) is 0 Å². The summed E-state index contributed by atoms with van der Waals surface area (Å²) in [5.41, 5.74) is 0.570. The van der Waals surface area contributed by atoms with Gasteiger partial charge in [-0.25, -0.2) is 4.79 Å². The number of carbonyl (C=O) groups excluding carboxylic acids is 1. The lowest BCUT2D eigenvalue weighted by Crippen LogP contribution is -2.56. The monoisotopic (exact) mass is 403 g/mol. The van der Waals surface area contributed by atoms with E-state index in [9.17, 15) is 4.79 Å². The molecule has 1 aromatic carbocycles. The Morgan fingerprint density at radius 2 is 1.95 bits per heavy atom. The van der Waals surface area contributed by atoms with Crippen LogP contribution < -0.4 is 16.0 Å². The Hall–Kier alpha value is -0.660. The van der Waals surface area contributed by atoms with Crippen LogP contribution in [-0.2, 0) is 4.74 Å². The number of hydrogen-bond acceptors (Lipinski definition) is 3. The molecule has 0 aliphatic carbocycles. The number of carbonyl (C=O) groups is 1. The Labute approximate surface area is 153 Å². The van der Waals surface area contributed by atoms with Gasteiger partial charge in [-0.2, -0.15) is 0 Å². The van der Waals surface area contributed by atoms with Crippen LogP contribution in [-0.4, -0.2) is 27.8 Å². The number of thiocarbonyl (C=S) groups is 1. The van der Waals surface area contributed by atoms with Gasteiger partial charge in [0, 0.05) is 0 Å². The van der Waals surface area contributed by atoms with Crippen LogP contribution in [0.5, 0.6) is 0 Å². The summed E-state index contributed by atoms with van der Waals surface area (Å²) < 4.78 is 2.89. The highest BCUT2D eigenvalue weighted by Crippen LogP contribution is 2.29. The molecule has 1 rings (SSSR count). The van der Waals surface area contributed by atoms with Crippen LogP contribution in [0, 0.1) is 0 Å². The van der Waals surface area contributed by atoms with Gasteiger partial charge in [0.25, 0.3) is 0 Å². The van der Waals surface area contributed by atoms with Crippen LogP contribution >= 0.6 is 58.6 Å². The molecule has 0 aliphatic rings. The number of nitrogens with one attached hydrogen (secondary N) is 3. The minimum Gasteiger partial charge on any atom is -0.450 e. The molecule has 0 radical (unpaired) electrons. The minimum absolute atomic E-state index is 0.112. The second-order valence-corrected chi connectivity index (χ2v) is 7.10. The van der Waals surface area contributed by atoms with Crippen molar-refractivity contribution < 1.29 is 9.53 Å². The van der Waals surface area contributed by atoms with E-state index in [2.05, 4.69) is 16.0 Å². The second-order valence-electron chi connectivity index (χ2n) is 3.92. The van der Waals surface area contributed by atoms with Crippen LogP contribution in [0.4, 0.5) is 10.5 Å². The van der Waals surface area contributed by atoms with E-state index in [0.717, 1.165) is 0 Å². The first-order chi connectivity index (χ1) is 10.2. The standard InChI is InChI=1S/C12H13Cl4N3O2S/c1-2-21-11(20)19-9(12(14,15)16)18-10(22)17-8-6-4-3-5-7(8)13/h3-6,9H,2H2,1H3,(H,19,20)(H2,17,18,22)/t9-/m0/s1. The summed E-state index contributed by atoms with van der Waals surface area (Å²) in [4.78, 5) is 11.5. The van der Waals surface area contributed by atoms with E-state index in [-0.39, 0.29) is 11.7 Å². The van der Waals surface area contributed by atoms with Crippen molar-refractivity contribution in [2.75, 3.05) is 11.9 Å². The van der Waals surface area contributed by atoms with E-state index in [1.165, 1.54) is 0 Å². The van der Waals surface area contributed by atoms with Crippen LogP contribution in [0.1, 0.15) is 6.92 Å². The van der Waals surface area contributed by atoms with E-state index in [0.29, 0.717) is 10.7 Å². The number of para-hydroxylation sites is 1. The molecule has 22 heavy (non-hydrogen) atoms. The van der Waals surface area contributed by atoms with E-state index in [1.807, 2.05) is 0 Å². The molecule has 10 heteroatoms. The van der Waals surface area contributed by atoms with Gasteiger partial charge < -0.3 is 15.4 Å². The van der Waals surface area contributed by atoms with Crippen LogP contribution in [0.3, 0.4) is 0 Å². The van der Waals surface area contributed by atoms with Gasteiger partial charge in [-0.3, -0.25) is 5.32 Å². The molecule has 1 atom stereocenters. The van der Waals surface area contributed by atoms with Gasteiger partial charge in [0.15, 0.2) is 11.3 Å². The predicted octanol–water partition coefficient (Wildman–Crippen LogP) is 4.07. The Kier molecular flexibility index (Phi) is 7.79. The van der Waals surface area contributed by atoms with Crippen molar-refractivity contribution in [1.82, 2.24) is 10.6 Å². The molecule has 122 valence electrons. The molecule has 5 nitrogen and oxygen atoms in total. The van der Waals surface area contributed by atoms with Crippen molar-refractivity contribution in [3.8, 4) is 0 Å². The molecule has 0 unspecified atom stereocenters. The molecule has 0 saturated carbocycles. The SMILES string of the molecule is CCOC(=O)N[C@H](NC(=S)Nc1ccccc1Cl)C(Cl)(Cl)Cl. The molecule has 0 bridgehead atoms. The third-order valence-corrected chi connectivity index (χ3v) is 3.47. The first-order valence-corrected chi connectivity index (χ1v) is 7.98. The minimum atomic E-state index is -1.85. The summed E-state index contributed by atoms with van der Waals surface area (Å²) in [5, 5.41) is 8.46. The smallest absolute Gasteiger partial charge is 0.408 e. The molecule has 3 N–H and O–H groups in total. The van der Waals surface area contributed by atoms with Crippen molar-refractivity contribution >= 4 is 75.5 Å². The predicted molar refractivity (Wildman–Crippen MR) is 95.0 cm³/mol. The van der Waals surface area contributed by atoms with Gasteiger partial charge in [0.2, 0.25) is 3.79 Å². The maximum atomic E-state index is 11.5. The highest BCUT2D eigenvalue weighted by atomic mass is 35.6. The fraction of sp³-hybridized carbons (Fsp3) is 0.333. The molecule has 0 fully saturated rings. The lowest BCUT2D eigenvalue weighted by atomic mass is 10.3. The summed E-state index contributed by atoms with van der Waals surface area (Å²) in [5.74, 6) is 0. The molecule has 1 amide bonds. The molecule has 0 saturated heterocycles. The van der Waals surface area contributed by atoms with Gasteiger partial charge in [-0.05, 0) is 31.3 Å². The summed E-state index contributed by atoms with van der Waals surface area (Å²) in [6.45, 7) is 1.83. The average Bonchev–Trinajstić information content (AvgIpc) is 2.40. The number of alkyl halides is 3. The van der Waals surface area contributed by atoms with Crippen molar-refractivity contribution in [3.63, 3.8) is 0 Å². The van der Waals surface area contributed by atoms with E-state index < -0.39 is 16.1 Å². The molecule has 1 aromatic rings. The van der Waals surface area contributed by atoms with Crippen molar-refractivity contribution in [1.29, 1.82) is 0 Å². The topological polar surface area (TPSA) is 62.4 Å². The number of ether oxygens (including phenoxy) is 1. The first kappa shape index (κ1) is 19.4. The largest absolute Gasteiger partial charge is 0.450 e. The Morgan fingerprint density at radius 1 is 1.32 bits per heavy atom. The molecule has 0 heterocycles. The summed E-state index contributed by atoms with van der Waals surface area (Å²) in [6, 6.07) is 6.96. The van der Waals surface area contributed by atoms with Crippen LogP contribution in [0.25, 0.3) is 0 Å². The molecular weight excluding hydrogens is 392 g/mol. The Balaban J connectivity index is 2.71. The fourth-order valence-corrected chi connectivity index (χ4v) is 2.08. The molecule has 0 aromatic heterocycles. The Bertz CT molecular complexity index is 539. The average molecular weight is 405 g/mol. The van der Waals surface area contributed by atoms with Crippen molar-refractivity contribution in [2.24, 2.45) is 0 Å². The van der Waals surface area contributed by atoms with E-state index >= 15 is 0 Å². The number of hydrogen-bond donors (Lipinski definition) is 3. The number of rotatable bonds is 4. The van der Waals surface area contributed by atoms with Crippen LogP contribution in [0.15, 0.2) is 24.3 Å². The normalized spacial score (nSPS) is 12.2. The Morgan fingerprint density at radius 3 is 2.50 bits per heavy atom. The summed E-state index contributed by atoms with van der Waals surface area (Å²) >= 11 is 28.5. The van der Waals surface area contributed by atoms with Gasteiger partial charge >= 0.3 is 6.09 Å². The maximum Gasteiger partial charge on any atom is 0.408 e. The zero-order valence-corrected chi connectivity index (χ0v) is 15.2. The fourth-order valence-electron chi connectivity index (χ4n) is 1.34. The lowest BCUT2D eigenvalue weighted by molar-refractivity contribution is 0.147. The quantitative estimate of drug-likeness (QED) is 0.401. The molecule has 0 spiro atoms. The van der Waals surface area contributed by atoms with Gasteiger partial charge in [0.05, 0.1) is 17.3 Å². The molecular formula is C12H13Cl4N3O2S. The third kappa shape index (κ3) is 6.62. The maximum absolute atomic E-state index is 11.5. The lowest BCUT2D eigenvalue weighted by Gasteiger charge is -2.27. The summed E-state index contributed by atoms with van der Waals surface area (Å²) in [7, 11) is 0. The van der Waals surface area contributed by atoms with Gasteiger partial charge in [-0.15, -0.1) is 0 Å². The third-order valence-electron chi connectivity index (χ3n) is 2.26. The second kappa shape index (κ2) is 8.84. The highest BCUT2D eigenvalue weighted by molar-refractivity contribution is 7.80. The zero-order valence-electron chi connectivity index (χ0n) is 11.3. The highest BCUT2D eigenvalue weighted by Gasteiger charge is 2.35. The number of benzene rings is 1. The zero-order chi connectivity index (χ0) is 16.8.